The minimum Gasteiger partial charge on any atom is -0.307 e. The Balaban J connectivity index is 0.000000500. The number of benzene rings is 5. The van der Waals surface area contributed by atoms with Crippen molar-refractivity contribution in [2.75, 3.05) is 14.1 Å². The molecule has 5 rings (SSSR count). The number of hydrogen-bond donors (Lipinski definition) is 1. The normalized spacial score (nSPS) is 11.3. The lowest BCUT2D eigenvalue weighted by molar-refractivity contribution is -0.786. The van der Waals surface area contributed by atoms with Crippen LogP contribution in [0.15, 0.2) is 92.0 Å². The summed E-state index contributed by atoms with van der Waals surface area (Å²) >= 11 is 0. The van der Waals surface area contributed by atoms with E-state index in [4.69, 9.17) is 0 Å². The van der Waals surface area contributed by atoms with E-state index in [0.717, 1.165) is 24.3 Å². The van der Waals surface area contributed by atoms with Crippen LogP contribution in [0.2, 0.25) is 0 Å². The summed E-state index contributed by atoms with van der Waals surface area (Å²) in [5.41, 5.74) is -2.63. The van der Waals surface area contributed by atoms with Crippen molar-refractivity contribution in [2.45, 2.75) is 0 Å². The molecule has 0 bridgehead atoms. The minimum absolute atomic E-state index is 0.347. The standard InChI is InChI=1S/C28H14BF10.C8H11N/c1-3-13-5-9-15(10-6-13)29(16-11-7-14(4-2)8-12-16,17-19(30)23(34)27(38)24(35)20(17)31)18-21(32)25(36)28(39)26(37)22(18)33;1-9(2)8-6-4-3-5-7-8/h3-12H,1-2H2;3-7H,1-2H3/q-1;/p+1. The van der Waals surface area contributed by atoms with Crippen molar-refractivity contribution in [3.05, 3.63) is 161 Å². The Hall–Kier alpha value is -5.10. The molecule has 0 saturated carbocycles. The van der Waals surface area contributed by atoms with Gasteiger partial charge in [0.2, 0.25) is 0 Å². The average Bonchev–Trinajstić information content (AvgIpc) is 3.11. The van der Waals surface area contributed by atoms with Crippen LogP contribution >= 0.6 is 0 Å². The van der Waals surface area contributed by atoms with Gasteiger partial charge in [0.1, 0.15) is 35.1 Å². The van der Waals surface area contributed by atoms with E-state index in [1.807, 2.05) is 6.07 Å². The Morgan fingerprint density at radius 3 is 0.979 bits per heavy atom. The first-order chi connectivity index (χ1) is 22.7. The smallest absolute Gasteiger partial charge is 0.200 e. The minimum atomic E-state index is -4.33. The largest absolute Gasteiger partial charge is 0.307 e. The van der Waals surface area contributed by atoms with E-state index < -0.39 is 86.2 Å². The van der Waals surface area contributed by atoms with Crippen LogP contribution in [0.1, 0.15) is 11.1 Å². The van der Waals surface area contributed by atoms with Crippen molar-refractivity contribution < 1.29 is 48.8 Å². The second-order valence-corrected chi connectivity index (χ2v) is 10.9. The molecule has 48 heavy (non-hydrogen) atoms. The van der Waals surface area contributed by atoms with Gasteiger partial charge in [-0.15, -0.1) is 10.9 Å². The molecule has 0 amide bonds. The van der Waals surface area contributed by atoms with Crippen LogP contribution in [-0.4, -0.2) is 20.2 Å². The fourth-order valence-electron chi connectivity index (χ4n) is 5.62. The predicted molar refractivity (Wildman–Crippen MR) is 169 cm³/mol. The van der Waals surface area contributed by atoms with Crippen LogP contribution in [0, 0.1) is 58.2 Å². The Morgan fingerprint density at radius 2 is 0.729 bits per heavy atom. The number of quaternary nitrogens is 1. The monoisotopic (exact) mass is 673 g/mol. The highest BCUT2D eigenvalue weighted by molar-refractivity contribution is 7.20. The molecule has 5 aromatic carbocycles. The number of rotatable bonds is 7. The van der Waals surface area contributed by atoms with Crippen LogP contribution in [0.3, 0.4) is 0 Å². The molecule has 0 fully saturated rings. The second-order valence-electron chi connectivity index (χ2n) is 10.9. The first kappa shape index (κ1) is 35.8. The van der Waals surface area contributed by atoms with Crippen LogP contribution in [0.5, 0.6) is 0 Å². The van der Waals surface area contributed by atoms with Crippen LogP contribution in [0.4, 0.5) is 49.6 Å². The summed E-state index contributed by atoms with van der Waals surface area (Å²) < 4.78 is 149. The van der Waals surface area contributed by atoms with Gasteiger partial charge in [0.05, 0.1) is 14.1 Å². The van der Waals surface area contributed by atoms with Crippen LogP contribution in [0.25, 0.3) is 12.2 Å². The highest BCUT2D eigenvalue weighted by Crippen LogP contribution is 2.25. The third-order valence-corrected chi connectivity index (χ3v) is 8.05. The molecule has 0 aliphatic carbocycles. The summed E-state index contributed by atoms with van der Waals surface area (Å²) in [5, 5.41) is 0. The lowest BCUT2D eigenvalue weighted by Crippen LogP contribution is -3.00. The number of hydrogen-bond acceptors (Lipinski definition) is 0. The third kappa shape index (κ3) is 6.15. The maximum absolute atomic E-state index is 15.5. The van der Waals surface area contributed by atoms with E-state index in [2.05, 4.69) is 51.5 Å². The molecular weight excluding hydrogens is 647 g/mol. The molecule has 0 saturated heterocycles. The quantitative estimate of drug-likeness (QED) is 0.0909. The van der Waals surface area contributed by atoms with Gasteiger partial charge in [0, 0.05) is 0 Å². The molecule has 1 N–H and O–H groups in total. The lowest BCUT2D eigenvalue weighted by atomic mass is 9.12. The summed E-state index contributed by atoms with van der Waals surface area (Å²) in [6, 6.07) is 19.3. The molecule has 248 valence electrons. The van der Waals surface area contributed by atoms with Gasteiger partial charge >= 0.3 is 0 Å². The van der Waals surface area contributed by atoms with Crippen molar-refractivity contribution in [2.24, 2.45) is 0 Å². The molecule has 5 aromatic rings. The summed E-state index contributed by atoms with van der Waals surface area (Å²) in [7, 11) is 4.24. The summed E-state index contributed by atoms with van der Waals surface area (Å²) in [4.78, 5) is 1.37. The van der Waals surface area contributed by atoms with Gasteiger partial charge < -0.3 is 4.90 Å². The van der Waals surface area contributed by atoms with Gasteiger partial charge in [-0.1, -0.05) is 92.0 Å². The third-order valence-electron chi connectivity index (χ3n) is 8.05. The van der Waals surface area contributed by atoms with E-state index in [9.17, 15) is 26.3 Å². The number of halogens is 10. The highest BCUT2D eigenvalue weighted by Gasteiger charge is 2.44. The van der Waals surface area contributed by atoms with Gasteiger partial charge in [-0.25, -0.2) is 43.9 Å². The van der Waals surface area contributed by atoms with E-state index in [0.29, 0.717) is 11.1 Å². The highest BCUT2D eigenvalue weighted by atomic mass is 19.2. The average molecular weight is 673 g/mol. The van der Waals surface area contributed by atoms with Crippen molar-refractivity contribution in [3.8, 4) is 0 Å². The first-order valence-corrected chi connectivity index (χ1v) is 14.2. The zero-order valence-electron chi connectivity index (χ0n) is 25.4. The maximum atomic E-state index is 15.5. The van der Waals surface area contributed by atoms with Gasteiger partial charge in [-0.3, -0.25) is 0 Å². The summed E-state index contributed by atoms with van der Waals surface area (Å²) in [6.07, 6.45) is -1.73. The van der Waals surface area contributed by atoms with Crippen molar-refractivity contribution >= 4 is 45.8 Å². The molecule has 0 heterocycles. The molecule has 1 nitrogen and oxygen atoms in total. The lowest BCUT2D eigenvalue weighted by Gasteiger charge is -2.44. The Bertz CT molecular complexity index is 1800. The Morgan fingerprint density at radius 1 is 0.438 bits per heavy atom. The van der Waals surface area contributed by atoms with Gasteiger partial charge in [0.15, 0.2) is 34.9 Å². The van der Waals surface area contributed by atoms with Crippen molar-refractivity contribution in [3.63, 3.8) is 0 Å². The van der Waals surface area contributed by atoms with Crippen LogP contribution in [-0.2, 0) is 0 Å². The van der Waals surface area contributed by atoms with E-state index in [1.54, 1.807) is 0 Å². The molecular formula is C36H26BF10N. The SMILES string of the molecule is C=Cc1ccc([B-](c2ccc(C=C)cc2)(c2c(F)c(F)c(F)c(F)c2F)c2c(F)c(F)c(F)c(F)c2F)cc1.C[NH+](C)c1ccccc1. The van der Waals surface area contributed by atoms with Crippen molar-refractivity contribution in [1.82, 2.24) is 0 Å². The molecule has 0 aromatic heterocycles. The number of nitrogens with one attached hydrogen (secondary N) is 1. The molecule has 0 spiro atoms. The zero-order valence-corrected chi connectivity index (χ0v) is 25.4. The first-order valence-electron chi connectivity index (χ1n) is 14.2. The fraction of sp³-hybridized carbons (Fsp3) is 0.0556. The molecule has 0 aliphatic heterocycles. The predicted octanol–water partition coefficient (Wildman–Crippen LogP) is 6.20. The van der Waals surface area contributed by atoms with Gasteiger partial charge in [0.25, 0.3) is 0 Å². The van der Waals surface area contributed by atoms with Gasteiger partial charge in [-0.2, -0.15) is 10.9 Å². The van der Waals surface area contributed by atoms with E-state index in [-0.39, 0.29) is 0 Å². The topological polar surface area (TPSA) is 4.44 Å². The molecule has 0 atom stereocenters. The summed E-state index contributed by atoms with van der Waals surface area (Å²) in [6.45, 7) is 7.03. The van der Waals surface area contributed by atoms with Crippen molar-refractivity contribution in [1.29, 1.82) is 0 Å². The fourth-order valence-corrected chi connectivity index (χ4v) is 5.62. The van der Waals surface area contributed by atoms with Crippen LogP contribution < -0.4 is 26.8 Å². The van der Waals surface area contributed by atoms with Gasteiger partial charge in [-0.05, 0) is 23.3 Å². The zero-order chi connectivity index (χ0) is 35.5. The Kier molecular flexibility index (Phi) is 10.7. The van der Waals surface area contributed by atoms with E-state index >= 15 is 17.6 Å². The Labute approximate surface area is 270 Å². The molecule has 0 unspecified atom stereocenters. The number of para-hydroxylation sites is 1. The molecule has 0 radical (unpaired) electrons. The van der Waals surface area contributed by atoms with E-state index in [1.165, 1.54) is 47.0 Å². The second kappa shape index (κ2) is 14.3. The maximum Gasteiger partial charge on any atom is 0.200 e. The summed E-state index contributed by atoms with van der Waals surface area (Å²) in [5.74, 6) is -25.2. The molecule has 12 heteroatoms. The molecule has 0 aliphatic rings.